The highest BCUT2D eigenvalue weighted by atomic mass is 35.5. The summed E-state index contributed by atoms with van der Waals surface area (Å²) in [5.74, 6) is -1.70. The lowest BCUT2D eigenvalue weighted by Crippen LogP contribution is -2.60. The lowest BCUT2D eigenvalue weighted by atomic mass is 9.74. The van der Waals surface area contributed by atoms with Gasteiger partial charge in [-0.15, -0.1) is 0 Å². The normalized spacial score (nSPS) is 35.2. The third kappa shape index (κ3) is 12.2. The molecule has 2 heterocycles. The fourth-order valence-electron chi connectivity index (χ4n) is 7.84. The highest BCUT2D eigenvalue weighted by molar-refractivity contribution is 6.30. The number of halogens is 1. The Kier molecular flexibility index (Phi) is 17.7. The van der Waals surface area contributed by atoms with Crippen LogP contribution in [0.2, 0.25) is 5.02 Å². The first kappa shape index (κ1) is 48.7. The van der Waals surface area contributed by atoms with Crippen LogP contribution in [0.25, 0.3) is 0 Å². The van der Waals surface area contributed by atoms with Crippen molar-refractivity contribution in [3.8, 4) is 11.8 Å². The maximum Gasteiger partial charge on any atom is 0.407 e. The Labute approximate surface area is 347 Å². The standard InChI is InChI=1S/C42H62ClN3O12/c1-12-31-42(8,53)37(58-40(52)45-20-19-44-32(47)18-15-28-13-16-29(43)17-14-28)25(4)33(48)23(2)22-41(7,54-11)36(26(5)34(49)27(6)38(51)56-31)57-39-35(50)30(46(9)10)21-24(3)55-39/h13-14,16-17,23-27,30-31,35-37,39,50,53H,12,19-22H2,1-11H3,(H,44,47)(H,45,52)/t23-,24-,25+,26+,27-,30+,31-,35-,36-,37-,39+,41-,42-/m1/s1. The van der Waals surface area contributed by atoms with Crippen LogP contribution in [0.3, 0.4) is 0 Å². The van der Waals surface area contributed by atoms with Crippen molar-refractivity contribution in [1.82, 2.24) is 15.5 Å². The van der Waals surface area contributed by atoms with E-state index in [1.54, 1.807) is 52.0 Å². The summed E-state index contributed by atoms with van der Waals surface area (Å²) >= 11 is 5.88. The van der Waals surface area contributed by atoms with Gasteiger partial charge in [-0.05, 0) is 85.3 Å². The molecule has 0 saturated carbocycles. The Morgan fingerprint density at radius 1 is 0.983 bits per heavy atom. The Hall–Kier alpha value is -3.62. The lowest BCUT2D eigenvalue weighted by molar-refractivity contribution is -0.295. The van der Waals surface area contributed by atoms with Crippen molar-refractivity contribution in [3.63, 3.8) is 0 Å². The molecule has 0 radical (unpaired) electrons. The second-order valence-electron chi connectivity index (χ2n) is 16.2. The van der Waals surface area contributed by atoms with E-state index < -0.39 is 95.1 Å². The Bertz CT molecular complexity index is 1660. The molecule has 2 aliphatic heterocycles. The number of hydrogen-bond acceptors (Lipinski definition) is 13. The smallest absolute Gasteiger partial charge is 0.407 e. The monoisotopic (exact) mass is 835 g/mol. The van der Waals surface area contributed by atoms with Crippen molar-refractivity contribution in [2.75, 3.05) is 34.3 Å². The van der Waals surface area contributed by atoms with E-state index in [2.05, 4.69) is 22.5 Å². The average molecular weight is 836 g/mol. The maximum absolute atomic E-state index is 14.4. The number of ether oxygens (including phenoxy) is 5. The molecular formula is C42H62ClN3O12. The number of esters is 1. The number of likely N-dealkylation sites (N-methyl/N-ethyl adjacent to an activating group) is 1. The van der Waals surface area contributed by atoms with Crippen LogP contribution in [-0.4, -0.2) is 133 Å². The number of nitrogens with zero attached hydrogens (tertiary/aromatic N) is 1. The molecule has 0 aliphatic carbocycles. The lowest BCUT2D eigenvalue weighted by Gasteiger charge is -2.47. The molecule has 1 aromatic rings. The van der Waals surface area contributed by atoms with Crippen molar-refractivity contribution in [1.29, 1.82) is 0 Å². The van der Waals surface area contributed by atoms with Crippen molar-refractivity contribution in [3.05, 3.63) is 34.9 Å². The molecule has 2 fully saturated rings. The number of benzene rings is 1. The molecule has 13 atom stereocenters. The van der Waals surface area contributed by atoms with Crippen LogP contribution in [0.5, 0.6) is 0 Å². The molecule has 4 N–H and O–H groups in total. The number of hydrogen-bond donors (Lipinski definition) is 4. The van der Waals surface area contributed by atoms with Crippen molar-refractivity contribution in [2.24, 2.45) is 23.7 Å². The SMILES string of the molecule is CC[C@H]1OC(=O)[C@H](C)C(=O)[C@H](C)[C@@H](O[C@@H]2O[C@H](C)C[C@H](N(C)C)[C@H]2O)[C@](C)(OC)C[C@@H](C)C(=O)[C@H](C)[C@@H](OC(=O)NCCNC(=O)C#Cc2ccc(Cl)cc2)[C@]1(C)O. The summed E-state index contributed by atoms with van der Waals surface area (Å²) < 4.78 is 30.2. The molecule has 2 amide bonds. The molecule has 16 heteroatoms. The van der Waals surface area contributed by atoms with E-state index in [-0.39, 0.29) is 38.1 Å². The van der Waals surface area contributed by atoms with Gasteiger partial charge in [0, 0.05) is 54.6 Å². The van der Waals surface area contributed by atoms with Gasteiger partial charge in [-0.2, -0.15) is 0 Å². The molecule has 15 nitrogen and oxygen atoms in total. The molecule has 324 valence electrons. The third-order valence-corrected chi connectivity index (χ3v) is 11.6. The summed E-state index contributed by atoms with van der Waals surface area (Å²) in [6.07, 6.45) is -7.05. The number of ketones is 2. The highest BCUT2D eigenvalue weighted by Gasteiger charge is 2.53. The highest BCUT2D eigenvalue weighted by Crippen LogP contribution is 2.39. The second kappa shape index (κ2) is 21.1. The Morgan fingerprint density at radius 2 is 1.59 bits per heavy atom. The summed E-state index contributed by atoms with van der Waals surface area (Å²) in [6.45, 7) is 12.5. The first-order valence-corrected chi connectivity index (χ1v) is 20.2. The number of cyclic esters (lactones) is 1. The molecule has 2 aliphatic rings. The number of rotatable bonds is 9. The summed E-state index contributed by atoms with van der Waals surface area (Å²) in [7, 11) is 5.09. The minimum Gasteiger partial charge on any atom is -0.459 e. The van der Waals surface area contributed by atoms with Crippen LogP contribution in [0.1, 0.15) is 80.2 Å². The van der Waals surface area contributed by atoms with Gasteiger partial charge in [-0.25, -0.2) is 4.79 Å². The van der Waals surface area contributed by atoms with Gasteiger partial charge in [-0.1, -0.05) is 45.2 Å². The first-order chi connectivity index (χ1) is 27.1. The van der Waals surface area contributed by atoms with E-state index >= 15 is 0 Å². The molecular weight excluding hydrogens is 774 g/mol. The summed E-state index contributed by atoms with van der Waals surface area (Å²) in [6, 6.07) is 6.30. The summed E-state index contributed by atoms with van der Waals surface area (Å²) in [5, 5.41) is 29.0. The topological polar surface area (TPSA) is 199 Å². The Morgan fingerprint density at radius 3 is 2.17 bits per heavy atom. The molecule has 1 aromatic carbocycles. The van der Waals surface area contributed by atoms with E-state index in [1.807, 2.05) is 25.9 Å². The van der Waals surface area contributed by atoms with E-state index in [0.717, 1.165) is 0 Å². The predicted molar refractivity (Wildman–Crippen MR) is 214 cm³/mol. The van der Waals surface area contributed by atoms with Crippen molar-refractivity contribution < 1.29 is 57.9 Å². The molecule has 0 spiro atoms. The summed E-state index contributed by atoms with van der Waals surface area (Å²) in [5.41, 5.74) is -2.91. The molecule has 0 unspecified atom stereocenters. The van der Waals surface area contributed by atoms with Crippen LogP contribution in [0.4, 0.5) is 4.79 Å². The molecule has 0 aromatic heterocycles. The quantitative estimate of drug-likeness (QED) is 0.123. The molecule has 3 rings (SSSR count). The van der Waals surface area contributed by atoms with Crippen LogP contribution in [0, 0.1) is 35.5 Å². The molecule has 0 bridgehead atoms. The number of Topliss-reactive ketones (excluding diaryl/α,β-unsaturated/α-hetero) is 2. The largest absolute Gasteiger partial charge is 0.459 e. The van der Waals surface area contributed by atoms with Gasteiger partial charge in [0.05, 0.1) is 23.7 Å². The number of aliphatic hydroxyl groups excluding tert-OH is 1. The zero-order valence-corrected chi connectivity index (χ0v) is 36.3. The van der Waals surface area contributed by atoms with Gasteiger partial charge >= 0.3 is 12.1 Å². The van der Waals surface area contributed by atoms with Crippen LogP contribution >= 0.6 is 11.6 Å². The summed E-state index contributed by atoms with van der Waals surface area (Å²) in [4.78, 5) is 69.6. The van der Waals surface area contributed by atoms with E-state index in [9.17, 15) is 34.2 Å². The number of carbonyl (C=O) groups excluding carboxylic acids is 5. The molecule has 2 saturated heterocycles. The number of nitrogens with one attached hydrogen (secondary N) is 2. The molecule has 58 heavy (non-hydrogen) atoms. The van der Waals surface area contributed by atoms with E-state index in [1.165, 1.54) is 27.9 Å². The maximum atomic E-state index is 14.4. The van der Waals surface area contributed by atoms with Gasteiger partial charge in [0.15, 0.2) is 12.1 Å². The number of aliphatic hydroxyl groups is 2. The Balaban J connectivity index is 1.91. The third-order valence-electron chi connectivity index (χ3n) is 11.3. The van der Waals surface area contributed by atoms with E-state index in [4.69, 9.17) is 35.3 Å². The zero-order valence-electron chi connectivity index (χ0n) is 35.5. The minimum atomic E-state index is -2.12. The van der Waals surface area contributed by atoms with Crippen LogP contribution in [0.15, 0.2) is 24.3 Å². The van der Waals surface area contributed by atoms with Crippen LogP contribution in [-0.2, 0) is 42.9 Å². The minimum absolute atomic E-state index is 0.0118. The van der Waals surface area contributed by atoms with Crippen LogP contribution < -0.4 is 10.6 Å². The second-order valence-corrected chi connectivity index (χ2v) is 16.6. The zero-order chi connectivity index (χ0) is 43.7. The first-order valence-electron chi connectivity index (χ1n) is 19.8. The fourth-order valence-corrected chi connectivity index (χ4v) is 7.97. The average Bonchev–Trinajstić information content (AvgIpc) is 3.18. The fraction of sp³-hybridized carbons (Fsp3) is 0.690. The van der Waals surface area contributed by atoms with Gasteiger partial charge in [0.25, 0.3) is 5.91 Å². The predicted octanol–water partition coefficient (Wildman–Crippen LogP) is 3.28. The number of alkyl carbamates (subject to hydrolysis) is 1. The van der Waals surface area contributed by atoms with Gasteiger partial charge in [0.1, 0.15) is 35.6 Å². The number of carbonyl (C=O) groups is 5. The van der Waals surface area contributed by atoms with Gasteiger partial charge in [-0.3, -0.25) is 19.2 Å². The van der Waals surface area contributed by atoms with Gasteiger partial charge in [0.2, 0.25) is 0 Å². The number of methoxy groups -OCH3 is 1. The van der Waals surface area contributed by atoms with E-state index in [0.29, 0.717) is 17.0 Å². The van der Waals surface area contributed by atoms with Crippen molar-refractivity contribution >= 4 is 41.1 Å². The number of amides is 2. The van der Waals surface area contributed by atoms with Crippen molar-refractivity contribution in [2.45, 2.75) is 129 Å². The van der Waals surface area contributed by atoms with Gasteiger partial charge < -0.3 is 49.4 Å².